The SMILES string of the molecule is COc1cc(/C=C(/C#N)C(=O)Nc2nc(S(=O)(=O)CC(C)C)ns2)ccc1OC(=O)c1ccccc1. The van der Waals surface area contributed by atoms with E-state index in [0.717, 1.165) is 0 Å². The normalized spacial score (nSPS) is 11.6. The summed E-state index contributed by atoms with van der Waals surface area (Å²) in [6.07, 6.45) is 1.30. The fourth-order valence-electron chi connectivity index (χ4n) is 2.97. The van der Waals surface area contributed by atoms with Gasteiger partial charge in [0, 0.05) is 11.5 Å². The van der Waals surface area contributed by atoms with E-state index in [0.29, 0.717) is 22.7 Å². The van der Waals surface area contributed by atoms with Crippen molar-refractivity contribution in [2.45, 2.75) is 19.0 Å². The fraction of sp³-hybridized carbons (Fsp3) is 0.208. The zero-order valence-electron chi connectivity index (χ0n) is 19.6. The van der Waals surface area contributed by atoms with Gasteiger partial charge >= 0.3 is 5.97 Å². The highest BCUT2D eigenvalue weighted by Crippen LogP contribution is 2.30. The van der Waals surface area contributed by atoms with Gasteiger partial charge in [-0.1, -0.05) is 38.1 Å². The molecule has 0 saturated carbocycles. The Bertz CT molecular complexity index is 1440. The van der Waals surface area contributed by atoms with E-state index in [-0.39, 0.29) is 39.0 Å². The number of aromatic nitrogens is 2. The van der Waals surface area contributed by atoms with Crippen molar-refractivity contribution in [2.24, 2.45) is 5.92 Å². The van der Waals surface area contributed by atoms with E-state index in [1.165, 1.54) is 25.3 Å². The van der Waals surface area contributed by atoms with Crippen LogP contribution in [0.1, 0.15) is 29.8 Å². The summed E-state index contributed by atoms with van der Waals surface area (Å²) in [7, 11) is -2.29. The molecular formula is C24H22N4O6S2. The summed E-state index contributed by atoms with van der Waals surface area (Å²) in [6, 6.07) is 14.8. The second kappa shape index (κ2) is 11.6. The number of amides is 1. The van der Waals surface area contributed by atoms with E-state index in [2.05, 4.69) is 14.7 Å². The first-order valence-electron chi connectivity index (χ1n) is 10.6. The maximum absolute atomic E-state index is 12.6. The maximum atomic E-state index is 12.6. The number of carbonyl (C=O) groups excluding carboxylic acids is 2. The first-order valence-corrected chi connectivity index (χ1v) is 13.0. The molecule has 0 atom stereocenters. The van der Waals surface area contributed by atoms with Gasteiger partial charge in [-0.05, 0) is 41.8 Å². The van der Waals surface area contributed by atoms with E-state index in [4.69, 9.17) is 9.47 Å². The topological polar surface area (TPSA) is 148 Å². The van der Waals surface area contributed by atoms with Crippen LogP contribution in [-0.4, -0.2) is 42.5 Å². The third-order valence-corrected chi connectivity index (χ3v) is 7.13. The number of hydrogen-bond acceptors (Lipinski definition) is 10. The molecule has 2 aromatic carbocycles. The molecule has 36 heavy (non-hydrogen) atoms. The smallest absolute Gasteiger partial charge is 0.343 e. The summed E-state index contributed by atoms with van der Waals surface area (Å²) < 4.78 is 39.0. The summed E-state index contributed by atoms with van der Waals surface area (Å²) >= 11 is 0.701. The Kier molecular flexibility index (Phi) is 8.52. The van der Waals surface area contributed by atoms with E-state index in [1.807, 2.05) is 0 Å². The van der Waals surface area contributed by atoms with Gasteiger partial charge in [0.05, 0.1) is 18.4 Å². The summed E-state index contributed by atoms with van der Waals surface area (Å²) in [5, 5.41) is 11.5. The summed E-state index contributed by atoms with van der Waals surface area (Å²) in [5.74, 6) is -1.22. The minimum Gasteiger partial charge on any atom is -0.493 e. The largest absolute Gasteiger partial charge is 0.493 e. The lowest BCUT2D eigenvalue weighted by molar-refractivity contribution is -0.112. The lowest BCUT2D eigenvalue weighted by atomic mass is 10.1. The molecule has 0 saturated heterocycles. The molecule has 0 radical (unpaired) electrons. The summed E-state index contributed by atoms with van der Waals surface area (Å²) in [6.45, 7) is 3.51. The number of esters is 1. The number of hydrogen-bond donors (Lipinski definition) is 1. The van der Waals surface area contributed by atoms with Crippen molar-refractivity contribution in [3.8, 4) is 17.6 Å². The van der Waals surface area contributed by atoms with Crippen LogP contribution in [0.15, 0.2) is 59.3 Å². The number of methoxy groups -OCH3 is 1. The van der Waals surface area contributed by atoms with Gasteiger partial charge in [0.1, 0.15) is 11.6 Å². The zero-order chi connectivity index (χ0) is 26.3. The predicted molar refractivity (Wildman–Crippen MR) is 133 cm³/mol. The Morgan fingerprint density at radius 1 is 1.17 bits per heavy atom. The van der Waals surface area contributed by atoms with E-state index >= 15 is 0 Å². The Balaban J connectivity index is 1.76. The Hall–Kier alpha value is -4.08. The molecular weight excluding hydrogens is 504 g/mol. The van der Waals surface area contributed by atoms with Gasteiger partial charge < -0.3 is 9.47 Å². The average Bonchev–Trinajstić information content (AvgIpc) is 3.32. The van der Waals surface area contributed by atoms with Crippen molar-refractivity contribution < 1.29 is 27.5 Å². The molecule has 1 amide bonds. The molecule has 0 aliphatic rings. The molecule has 0 aliphatic heterocycles. The number of rotatable bonds is 9. The summed E-state index contributed by atoms with van der Waals surface area (Å²) in [4.78, 5) is 28.8. The van der Waals surface area contributed by atoms with Gasteiger partial charge in [0.25, 0.3) is 11.1 Å². The predicted octanol–water partition coefficient (Wildman–Crippen LogP) is 3.74. The molecule has 0 unspecified atom stereocenters. The minimum atomic E-state index is -3.68. The molecule has 0 fully saturated rings. The average molecular weight is 527 g/mol. The molecule has 3 aromatic rings. The zero-order valence-corrected chi connectivity index (χ0v) is 21.2. The van der Waals surface area contributed by atoms with Crippen molar-refractivity contribution in [3.63, 3.8) is 0 Å². The minimum absolute atomic E-state index is 0.0516. The van der Waals surface area contributed by atoms with Gasteiger partial charge in [-0.2, -0.15) is 14.6 Å². The molecule has 0 spiro atoms. The standard InChI is InChI=1S/C24H22N4O6S2/c1-15(2)14-36(31,32)24-27-23(35-28-24)26-21(29)18(13-25)11-16-9-10-19(20(12-16)33-3)34-22(30)17-7-5-4-6-8-17/h4-12,15H,14H2,1-3H3,(H,26,27,28,29)/b18-11-. The van der Waals surface area contributed by atoms with Crippen LogP contribution < -0.4 is 14.8 Å². The number of nitriles is 1. The van der Waals surface area contributed by atoms with Crippen LogP contribution in [-0.2, 0) is 14.6 Å². The van der Waals surface area contributed by atoms with Crippen LogP contribution in [0.4, 0.5) is 5.13 Å². The Morgan fingerprint density at radius 3 is 2.53 bits per heavy atom. The lowest BCUT2D eigenvalue weighted by Gasteiger charge is -2.10. The number of nitrogens with zero attached hydrogens (tertiary/aromatic N) is 3. The Labute approximate surface area is 212 Å². The molecule has 10 nitrogen and oxygen atoms in total. The summed E-state index contributed by atoms with van der Waals surface area (Å²) in [5.41, 5.74) is 0.521. The van der Waals surface area contributed by atoms with Crippen molar-refractivity contribution in [1.29, 1.82) is 5.26 Å². The van der Waals surface area contributed by atoms with E-state index in [9.17, 15) is 23.3 Å². The highest BCUT2D eigenvalue weighted by Gasteiger charge is 2.23. The number of ether oxygens (including phenoxy) is 2. The molecule has 0 aliphatic carbocycles. The Morgan fingerprint density at radius 2 is 1.89 bits per heavy atom. The van der Waals surface area contributed by atoms with Crippen LogP contribution in [0, 0.1) is 17.2 Å². The number of carbonyl (C=O) groups is 2. The van der Waals surface area contributed by atoms with Crippen molar-refractivity contribution >= 4 is 44.5 Å². The molecule has 1 N–H and O–H groups in total. The third kappa shape index (κ3) is 6.74. The molecule has 186 valence electrons. The van der Waals surface area contributed by atoms with Gasteiger partial charge in [-0.25, -0.2) is 13.2 Å². The van der Waals surface area contributed by atoms with Gasteiger partial charge in [-0.15, -0.1) is 0 Å². The van der Waals surface area contributed by atoms with Gasteiger partial charge in [0.2, 0.25) is 15.0 Å². The first kappa shape index (κ1) is 26.5. The maximum Gasteiger partial charge on any atom is 0.343 e. The van der Waals surface area contributed by atoms with Crippen LogP contribution in [0.5, 0.6) is 11.5 Å². The number of benzene rings is 2. The van der Waals surface area contributed by atoms with Crippen molar-refractivity contribution in [1.82, 2.24) is 9.36 Å². The van der Waals surface area contributed by atoms with Crippen molar-refractivity contribution in [2.75, 3.05) is 18.2 Å². The first-order chi connectivity index (χ1) is 17.1. The fourth-order valence-corrected chi connectivity index (χ4v) is 5.32. The second-order valence-corrected chi connectivity index (χ2v) is 10.5. The molecule has 3 rings (SSSR count). The van der Waals surface area contributed by atoms with Gasteiger partial charge in [0.15, 0.2) is 11.5 Å². The monoisotopic (exact) mass is 526 g/mol. The second-order valence-electron chi connectivity index (χ2n) is 7.85. The number of anilines is 1. The highest BCUT2D eigenvalue weighted by molar-refractivity contribution is 7.91. The van der Waals surface area contributed by atoms with Crippen LogP contribution in [0.25, 0.3) is 6.08 Å². The van der Waals surface area contributed by atoms with E-state index < -0.39 is 21.7 Å². The van der Waals surface area contributed by atoms with Crippen molar-refractivity contribution in [3.05, 3.63) is 65.2 Å². The van der Waals surface area contributed by atoms with E-state index in [1.54, 1.807) is 56.3 Å². The van der Waals surface area contributed by atoms with Crippen LogP contribution in [0.2, 0.25) is 0 Å². The number of nitrogens with one attached hydrogen (secondary N) is 1. The molecule has 12 heteroatoms. The van der Waals surface area contributed by atoms with Gasteiger partial charge in [-0.3, -0.25) is 10.1 Å². The number of sulfone groups is 1. The highest BCUT2D eigenvalue weighted by atomic mass is 32.2. The van der Waals surface area contributed by atoms with Crippen LogP contribution in [0.3, 0.4) is 0 Å². The molecule has 0 bridgehead atoms. The lowest BCUT2D eigenvalue weighted by Crippen LogP contribution is -2.15. The third-order valence-electron chi connectivity index (χ3n) is 4.53. The molecule has 1 heterocycles. The quantitative estimate of drug-likeness (QED) is 0.190. The van der Waals surface area contributed by atoms with Crippen LogP contribution >= 0.6 is 11.5 Å². The molecule has 1 aromatic heterocycles.